The third-order valence-electron chi connectivity index (χ3n) is 4.29. The molecule has 1 unspecified atom stereocenters. The van der Waals surface area contributed by atoms with Crippen LogP contribution in [0.3, 0.4) is 0 Å². The summed E-state index contributed by atoms with van der Waals surface area (Å²) in [4.78, 5) is 5.58. The highest BCUT2D eigenvalue weighted by molar-refractivity contribution is 14.0. The molecule has 1 aliphatic heterocycles. The third kappa shape index (κ3) is 9.28. The Labute approximate surface area is 181 Å². The van der Waals surface area contributed by atoms with Crippen LogP contribution >= 0.6 is 24.0 Å². The normalized spacial score (nSPS) is 17.9. The van der Waals surface area contributed by atoms with Crippen molar-refractivity contribution in [2.75, 3.05) is 52.3 Å². The van der Waals surface area contributed by atoms with Crippen LogP contribution in [0.1, 0.15) is 12.0 Å². The third-order valence-corrected chi connectivity index (χ3v) is 4.29. The number of alkyl halides is 3. The Morgan fingerprint density at radius 1 is 1.29 bits per heavy atom. The predicted octanol–water partition coefficient (Wildman–Crippen LogP) is 2.66. The number of hydrogen-bond donors (Lipinski definition) is 3. The zero-order valence-corrected chi connectivity index (χ0v) is 18.5. The fourth-order valence-corrected chi connectivity index (χ4v) is 2.96. The Balaban J connectivity index is 0.00000392. The maximum atomic E-state index is 12.5. The van der Waals surface area contributed by atoms with Crippen LogP contribution in [-0.2, 0) is 11.3 Å². The van der Waals surface area contributed by atoms with Crippen LogP contribution in [0.15, 0.2) is 29.3 Å². The molecule has 1 aliphatic rings. The summed E-state index contributed by atoms with van der Waals surface area (Å²) in [5.41, 5.74) is 2.11. The molecule has 0 radical (unpaired) electrons. The van der Waals surface area contributed by atoms with Gasteiger partial charge in [-0.05, 0) is 24.1 Å². The summed E-state index contributed by atoms with van der Waals surface area (Å²) in [5, 5.41) is 9.66. The molecular weight excluding hydrogens is 486 g/mol. The molecule has 1 heterocycles. The molecule has 2 rings (SSSR count). The van der Waals surface area contributed by atoms with Gasteiger partial charge in [0.25, 0.3) is 0 Å². The van der Waals surface area contributed by atoms with Crippen LogP contribution < -0.4 is 16.0 Å². The van der Waals surface area contributed by atoms with Gasteiger partial charge in [-0.15, -0.1) is 24.0 Å². The van der Waals surface area contributed by atoms with Crippen molar-refractivity contribution in [1.82, 2.24) is 15.5 Å². The van der Waals surface area contributed by atoms with Gasteiger partial charge in [-0.3, -0.25) is 9.89 Å². The van der Waals surface area contributed by atoms with E-state index in [-0.39, 0.29) is 30.0 Å². The van der Waals surface area contributed by atoms with Gasteiger partial charge in [0.1, 0.15) is 0 Å². The molecule has 0 spiro atoms. The second kappa shape index (κ2) is 12.3. The first kappa shape index (κ1) is 24.8. The molecule has 10 heteroatoms. The quantitative estimate of drug-likeness (QED) is 0.215. The number of guanidine groups is 1. The summed E-state index contributed by atoms with van der Waals surface area (Å²) in [6, 6.07) is 7.97. The smallest absolute Gasteiger partial charge is 0.383 e. The van der Waals surface area contributed by atoms with E-state index in [4.69, 9.17) is 4.74 Å². The number of nitrogens with zero attached hydrogens (tertiary/aromatic N) is 2. The molecule has 0 aromatic heterocycles. The van der Waals surface area contributed by atoms with Crippen molar-refractivity contribution in [2.24, 2.45) is 4.99 Å². The summed E-state index contributed by atoms with van der Waals surface area (Å²) in [6.07, 6.45) is -3.49. The van der Waals surface area contributed by atoms with Gasteiger partial charge in [-0.1, -0.05) is 12.1 Å². The molecule has 160 valence electrons. The van der Waals surface area contributed by atoms with Gasteiger partial charge in [0, 0.05) is 52.1 Å². The Morgan fingerprint density at radius 3 is 2.61 bits per heavy atom. The summed E-state index contributed by atoms with van der Waals surface area (Å²) in [5.74, 6) is 0.594. The number of methoxy groups -OCH3 is 1. The first-order valence-electron chi connectivity index (χ1n) is 8.97. The van der Waals surface area contributed by atoms with E-state index < -0.39 is 12.7 Å². The molecule has 3 N–H and O–H groups in total. The average Bonchev–Trinajstić information content (AvgIpc) is 3.05. The Kier molecular flexibility index (Phi) is 10.9. The number of halogens is 4. The van der Waals surface area contributed by atoms with Gasteiger partial charge in [0.05, 0.1) is 13.2 Å². The van der Waals surface area contributed by atoms with Crippen molar-refractivity contribution in [3.63, 3.8) is 0 Å². The molecule has 1 fully saturated rings. The van der Waals surface area contributed by atoms with Gasteiger partial charge < -0.3 is 20.7 Å². The first-order valence-corrected chi connectivity index (χ1v) is 8.97. The van der Waals surface area contributed by atoms with Gasteiger partial charge in [0.2, 0.25) is 0 Å². The summed E-state index contributed by atoms with van der Waals surface area (Å²) < 4.78 is 42.4. The lowest BCUT2D eigenvalue weighted by atomic mass is 10.2. The Bertz CT molecular complexity index is 598. The molecule has 1 aromatic rings. The first-order chi connectivity index (χ1) is 12.9. The maximum Gasteiger partial charge on any atom is 0.401 e. The van der Waals surface area contributed by atoms with Gasteiger partial charge >= 0.3 is 6.18 Å². The van der Waals surface area contributed by atoms with Crippen molar-refractivity contribution in [2.45, 2.75) is 25.2 Å². The molecule has 1 aromatic carbocycles. The molecule has 0 amide bonds. The van der Waals surface area contributed by atoms with Crippen molar-refractivity contribution in [1.29, 1.82) is 0 Å². The van der Waals surface area contributed by atoms with E-state index in [1.54, 1.807) is 14.2 Å². The second-order valence-corrected chi connectivity index (χ2v) is 6.52. The van der Waals surface area contributed by atoms with E-state index >= 15 is 0 Å². The minimum atomic E-state index is -4.15. The maximum absolute atomic E-state index is 12.5. The highest BCUT2D eigenvalue weighted by atomic mass is 127. The van der Waals surface area contributed by atoms with Gasteiger partial charge in [-0.25, -0.2) is 0 Å². The lowest BCUT2D eigenvalue weighted by Gasteiger charge is -2.20. The number of anilines is 1. The van der Waals surface area contributed by atoms with Gasteiger partial charge in [0.15, 0.2) is 5.96 Å². The highest BCUT2D eigenvalue weighted by Gasteiger charge is 2.34. The average molecular weight is 515 g/mol. The number of benzene rings is 1. The van der Waals surface area contributed by atoms with E-state index in [0.29, 0.717) is 38.6 Å². The zero-order chi connectivity index (χ0) is 19.7. The fourth-order valence-electron chi connectivity index (χ4n) is 2.96. The summed E-state index contributed by atoms with van der Waals surface area (Å²) >= 11 is 0. The van der Waals surface area contributed by atoms with Gasteiger partial charge in [-0.2, -0.15) is 13.2 Å². The zero-order valence-electron chi connectivity index (χ0n) is 16.2. The summed E-state index contributed by atoms with van der Waals surface area (Å²) in [6.45, 7) is 1.91. The largest absolute Gasteiger partial charge is 0.401 e. The van der Waals surface area contributed by atoms with Crippen LogP contribution in [0.25, 0.3) is 0 Å². The van der Waals surface area contributed by atoms with Crippen molar-refractivity contribution in [3.8, 4) is 0 Å². The van der Waals surface area contributed by atoms with E-state index in [2.05, 4.69) is 20.9 Å². The van der Waals surface area contributed by atoms with Crippen molar-refractivity contribution in [3.05, 3.63) is 29.8 Å². The van der Waals surface area contributed by atoms with E-state index in [1.807, 2.05) is 24.3 Å². The lowest BCUT2D eigenvalue weighted by Crippen LogP contribution is -2.44. The number of nitrogens with one attached hydrogen (secondary N) is 3. The topological polar surface area (TPSA) is 60.9 Å². The molecular formula is C18H29F3IN5O. The Morgan fingerprint density at radius 2 is 2.00 bits per heavy atom. The number of ether oxygens (including phenoxy) is 1. The lowest BCUT2D eigenvalue weighted by molar-refractivity contribution is -0.143. The minimum absolute atomic E-state index is 0. The second-order valence-electron chi connectivity index (χ2n) is 6.52. The fraction of sp³-hybridized carbons (Fsp3) is 0.611. The number of aliphatic imine (C=N–C) groups is 1. The molecule has 0 bridgehead atoms. The molecule has 0 saturated carbocycles. The number of rotatable bonds is 8. The Hall–Kier alpha value is -1.27. The van der Waals surface area contributed by atoms with Crippen molar-refractivity contribution >= 4 is 35.6 Å². The van der Waals surface area contributed by atoms with Crippen LogP contribution in [0.4, 0.5) is 18.9 Å². The standard InChI is InChI=1S/C18H28F3N5O.HI/c1-22-17(25-16-7-9-26(12-16)13-18(19,20)21)24-11-14-3-5-15(6-4-14)23-8-10-27-2;/h3-6,16,23H,7-13H2,1-2H3,(H2,22,24,25);1H. The highest BCUT2D eigenvalue weighted by Crippen LogP contribution is 2.19. The number of hydrogen-bond acceptors (Lipinski definition) is 4. The van der Waals surface area contributed by atoms with E-state index in [0.717, 1.165) is 17.8 Å². The van der Waals surface area contributed by atoms with Crippen LogP contribution in [0.5, 0.6) is 0 Å². The van der Waals surface area contributed by atoms with Crippen LogP contribution in [0.2, 0.25) is 0 Å². The predicted molar refractivity (Wildman–Crippen MR) is 116 cm³/mol. The summed E-state index contributed by atoms with van der Waals surface area (Å²) in [7, 11) is 3.32. The van der Waals surface area contributed by atoms with Crippen LogP contribution in [-0.4, -0.2) is 70.0 Å². The molecule has 0 aliphatic carbocycles. The van der Waals surface area contributed by atoms with Crippen LogP contribution in [0, 0.1) is 0 Å². The number of likely N-dealkylation sites (tertiary alicyclic amines) is 1. The van der Waals surface area contributed by atoms with Crippen molar-refractivity contribution < 1.29 is 17.9 Å². The SMILES string of the molecule is CN=C(NCc1ccc(NCCOC)cc1)NC1CCN(CC(F)(F)F)C1.I. The minimum Gasteiger partial charge on any atom is -0.383 e. The van der Waals surface area contributed by atoms with E-state index in [9.17, 15) is 13.2 Å². The molecule has 28 heavy (non-hydrogen) atoms. The molecule has 6 nitrogen and oxygen atoms in total. The van der Waals surface area contributed by atoms with E-state index in [1.165, 1.54) is 4.90 Å². The monoisotopic (exact) mass is 515 g/mol. The molecule has 1 saturated heterocycles. The molecule has 1 atom stereocenters.